The van der Waals surface area contributed by atoms with Crippen molar-refractivity contribution in [3.8, 4) is 11.5 Å². The molecule has 7 heteroatoms. The highest BCUT2D eigenvalue weighted by molar-refractivity contribution is 9.10. The fraction of sp³-hybridized carbons (Fsp3) is 0. The van der Waals surface area contributed by atoms with Gasteiger partial charge in [0.15, 0.2) is 0 Å². The van der Waals surface area contributed by atoms with Crippen molar-refractivity contribution in [1.82, 2.24) is 5.32 Å². The Balaban J connectivity index is 1.75. The van der Waals surface area contributed by atoms with Gasteiger partial charge in [-0.05, 0) is 76.1 Å². The Morgan fingerprint density at radius 3 is 2.17 bits per heavy atom. The highest BCUT2D eigenvalue weighted by Crippen LogP contribution is 2.29. The fourth-order valence-corrected chi connectivity index (χ4v) is 3.03. The van der Waals surface area contributed by atoms with E-state index < -0.39 is 11.9 Å². The molecule has 2 N–H and O–H groups in total. The largest absolute Gasteiger partial charge is 0.477 e. The van der Waals surface area contributed by atoms with Crippen LogP contribution >= 0.6 is 31.9 Å². The average Bonchev–Trinajstić information content (AvgIpc) is 2.71. The van der Waals surface area contributed by atoms with Gasteiger partial charge in [0.25, 0.3) is 5.91 Å². The second-order valence-electron chi connectivity index (χ2n) is 5.93. The van der Waals surface area contributed by atoms with Crippen molar-refractivity contribution in [3.05, 3.63) is 98.6 Å². The van der Waals surface area contributed by atoms with Crippen molar-refractivity contribution in [2.24, 2.45) is 0 Å². The molecule has 1 amide bonds. The number of rotatable bonds is 6. The summed E-state index contributed by atoms with van der Waals surface area (Å²) in [5.41, 5.74) is 0.743. The van der Waals surface area contributed by atoms with Crippen LogP contribution in [0.4, 0.5) is 0 Å². The number of carboxylic acid groups (broad SMARTS) is 1. The van der Waals surface area contributed by atoms with E-state index in [-0.39, 0.29) is 5.70 Å². The molecule has 0 aromatic heterocycles. The molecule has 0 bridgehead atoms. The fourth-order valence-electron chi connectivity index (χ4n) is 2.40. The Labute approximate surface area is 184 Å². The van der Waals surface area contributed by atoms with E-state index in [0.29, 0.717) is 22.6 Å². The van der Waals surface area contributed by atoms with Gasteiger partial charge in [0.2, 0.25) is 0 Å². The second-order valence-corrected chi connectivity index (χ2v) is 7.70. The second kappa shape index (κ2) is 9.54. The van der Waals surface area contributed by atoms with Crippen molar-refractivity contribution in [2.75, 3.05) is 0 Å². The Morgan fingerprint density at radius 2 is 1.55 bits per heavy atom. The smallest absolute Gasteiger partial charge is 0.352 e. The van der Waals surface area contributed by atoms with Crippen LogP contribution in [0.5, 0.6) is 11.5 Å². The number of para-hydroxylation sites is 1. The number of aliphatic carboxylic acids is 1. The molecule has 0 radical (unpaired) electrons. The number of amides is 1. The summed E-state index contributed by atoms with van der Waals surface area (Å²) in [5.74, 6) is -0.461. The van der Waals surface area contributed by atoms with Crippen LogP contribution < -0.4 is 10.1 Å². The van der Waals surface area contributed by atoms with Crippen molar-refractivity contribution >= 4 is 49.8 Å². The Morgan fingerprint density at radius 1 is 0.897 bits per heavy atom. The average molecular weight is 517 g/mol. The lowest BCUT2D eigenvalue weighted by Crippen LogP contribution is -2.27. The number of benzene rings is 3. The predicted molar refractivity (Wildman–Crippen MR) is 118 cm³/mol. The van der Waals surface area contributed by atoms with E-state index in [4.69, 9.17) is 4.74 Å². The van der Waals surface area contributed by atoms with E-state index in [1.807, 2.05) is 24.3 Å². The van der Waals surface area contributed by atoms with E-state index >= 15 is 0 Å². The molecule has 146 valence electrons. The third-order valence-electron chi connectivity index (χ3n) is 3.84. The first-order chi connectivity index (χ1) is 13.9. The van der Waals surface area contributed by atoms with Gasteiger partial charge >= 0.3 is 5.97 Å². The zero-order chi connectivity index (χ0) is 20.8. The van der Waals surface area contributed by atoms with Crippen LogP contribution in [-0.4, -0.2) is 17.0 Å². The van der Waals surface area contributed by atoms with Gasteiger partial charge in [0.05, 0.1) is 4.47 Å². The Bertz CT molecular complexity index is 1060. The molecule has 3 aromatic carbocycles. The van der Waals surface area contributed by atoms with Crippen molar-refractivity contribution in [1.29, 1.82) is 0 Å². The molecule has 0 unspecified atom stereocenters. The maximum absolute atomic E-state index is 12.3. The molecule has 0 aliphatic rings. The number of carbonyl (C=O) groups excluding carboxylic acids is 1. The minimum atomic E-state index is -1.23. The SMILES string of the molecule is O=C(O)C(=Cc1ccc(Oc2ccccc2Br)cc1)NC(=O)c1ccc(Br)cc1. The minimum absolute atomic E-state index is 0.225. The highest BCUT2D eigenvalue weighted by Gasteiger charge is 2.13. The van der Waals surface area contributed by atoms with Crippen molar-refractivity contribution in [3.63, 3.8) is 0 Å². The minimum Gasteiger partial charge on any atom is -0.477 e. The highest BCUT2D eigenvalue weighted by atomic mass is 79.9. The topological polar surface area (TPSA) is 75.6 Å². The van der Waals surface area contributed by atoms with Crippen molar-refractivity contribution in [2.45, 2.75) is 0 Å². The zero-order valence-electron chi connectivity index (χ0n) is 14.9. The molecule has 0 spiro atoms. The van der Waals surface area contributed by atoms with Crippen molar-refractivity contribution < 1.29 is 19.4 Å². The van der Waals surface area contributed by atoms with Gasteiger partial charge in [0.1, 0.15) is 17.2 Å². The van der Waals surface area contributed by atoms with Gasteiger partial charge in [-0.2, -0.15) is 0 Å². The maximum Gasteiger partial charge on any atom is 0.352 e. The summed E-state index contributed by atoms with van der Waals surface area (Å²) in [6, 6.07) is 21.0. The van der Waals surface area contributed by atoms with Crippen LogP contribution in [-0.2, 0) is 4.79 Å². The molecule has 0 aliphatic heterocycles. The molecule has 3 rings (SSSR count). The maximum atomic E-state index is 12.3. The van der Waals surface area contributed by atoms with Gasteiger partial charge in [-0.25, -0.2) is 4.79 Å². The lowest BCUT2D eigenvalue weighted by atomic mass is 10.1. The summed E-state index contributed by atoms with van der Waals surface area (Å²) in [4.78, 5) is 23.8. The number of halogens is 2. The molecule has 0 fully saturated rings. The molecule has 0 saturated carbocycles. The van der Waals surface area contributed by atoms with E-state index in [0.717, 1.165) is 8.95 Å². The van der Waals surface area contributed by atoms with E-state index in [9.17, 15) is 14.7 Å². The molecule has 0 saturated heterocycles. The van der Waals surface area contributed by atoms with Crippen LogP contribution in [0, 0.1) is 0 Å². The number of hydrogen-bond acceptors (Lipinski definition) is 3. The summed E-state index contributed by atoms with van der Waals surface area (Å²) in [5, 5.41) is 11.9. The number of hydrogen-bond donors (Lipinski definition) is 2. The third-order valence-corrected chi connectivity index (χ3v) is 5.02. The third kappa shape index (κ3) is 5.79. The van der Waals surface area contributed by atoms with E-state index in [1.165, 1.54) is 6.08 Å². The summed E-state index contributed by atoms with van der Waals surface area (Å²) in [6.45, 7) is 0. The van der Waals surface area contributed by atoms with E-state index in [1.54, 1.807) is 48.5 Å². The lowest BCUT2D eigenvalue weighted by Gasteiger charge is -2.09. The summed E-state index contributed by atoms with van der Waals surface area (Å²) in [6.07, 6.45) is 1.39. The number of carbonyl (C=O) groups is 2. The molecular weight excluding hydrogens is 502 g/mol. The zero-order valence-corrected chi connectivity index (χ0v) is 18.1. The molecule has 5 nitrogen and oxygen atoms in total. The van der Waals surface area contributed by atoms with Gasteiger partial charge in [-0.1, -0.05) is 40.2 Å². The van der Waals surface area contributed by atoms with Crippen LogP contribution in [0.15, 0.2) is 87.4 Å². The molecule has 29 heavy (non-hydrogen) atoms. The first-order valence-electron chi connectivity index (χ1n) is 8.47. The Hall–Kier alpha value is -2.90. The number of ether oxygens (including phenoxy) is 1. The normalized spacial score (nSPS) is 11.0. The van der Waals surface area contributed by atoms with Gasteiger partial charge in [0, 0.05) is 10.0 Å². The predicted octanol–water partition coefficient (Wildman–Crippen LogP) is 5.86. The monoisotopic (exact) mass is 515 g/mol. The number of nitrogens with one attached hydrogen (secondary N) is 1. The van der Waals surface area contributed by atoms with Gasteiger partial charge in [-0.3, -0.25) is 4.79 Å². The summed E-state index contributed by atoms with van der Waals surface area (Å²) in [7, 11) is 0. The number of carboxylic acids is 1. The summed E-state index contributed by atoms with van der Waals surface area (Å²) < 4.78 is 7.44. The van der Waals surface area contributed by atoms with E-state index in [2.05, 4.69) is 37.2 Å². The first kappa shape index (κ1) is 20.8. The summed E-state index contributed by atoms with van der Waals surface area (Å²) >= 11 is 6.71. The standard InChI is InChI=1S/C22H15Br2NO4/c23-16-9-7-15(8-10-16)21(26)25-19(22(27)28)13-14-5-11-17(12-6-14)29-20-4-2-1-3-18(20)24/h1-13H,(H,25,26)(H,27,28). The lowest BCUT2D eigenvalue weighted by molar-refractivity contribution is -0.132. The van der Waals surface area contributed by atoms with Crippen LogP contribution in [0.1, 0.15) is 15.9 Å². The molecule has 0 aliphatic carbocycles. The van der Waals surface area contributed by atoms with Gasteiger partial charge in [-0.15, -0.1) is 0 Å². The first-order valence-corrected chi connectivity index (χ1v) is 10.1. The van der Waals surface area contributed by atoms with Crippen LogP contribution in [0.25, 0.3) is 6.08 Å². The molecular formula is C22H15Br2NO4. The molecule has 3 aromatic rings. The Kier molecular flexibility index (Phi) is 6.85. The van der Waals surface area contributed by atoms with Crippen LogP contribution in [0.3, 0.4) is 0 Å². The quantitative estimate of drug-likeness (QED) is 0.402. The molecule has 0 atom stereocenters. The molecule has 0 heterocycles. The van der Waals surface area contributed by atoms with Gasteiger partial charge < -0.3 is 15.2 Å². The van der Waals surface area contributed by atoms with Crippen LogP contribution in [0.2, 0.25) is 0 Å².